The summed E-state index contributed by atoms with van der Waals surface area (Å²) in [7, 11) is 0. The number of aromatic nitrogens is 4. The second-order valence-electron chi connectivity index (χ2n) is 8.07. The molecule has 29 heavy (non-hydrogen) atoms. The van der Waals surface area contributed by atoms with Gasteiger partial charge in [-0.1, -0.05) is 0 Å². The predicted molar refractivity (Wildman–Crippen MR) is 101 cm³/mol. The Hall–Kier alpha value is -2.00. The van der Waals surface area contributed by atoms with Gasteiger partial charge in [-0.05, 0) is 45.2 Å². The molecule has 0 unspecified atom stereocenters. The molecule has 0 N–H and O–H groups in total. The van der Waals surface area contributed by atoms with Crippen molar-refractivity contribution in [2.45, 2.75) is 57.3 Å². The van der Waals surface area contributed by atoms with Gasteiger partial charge in [0.05, 0.1) is 18.8 Å². The second-order valence-corrected chi connectivity index (χ2v) is 8.07. The van der Waals surface area contributed by atoms with Crippen LogP contribution >= 0.6 is 0 Å². The van der Waals surface area contributed by atoms with Crippen LogP contribution in [0.3, 0.4) is 0 Å². The Balaban J connectivity index is 1.59. The fourth-order valence-electron chi connectivity index (χ4n) is 4.30. The van der Waals surface area contributed by atoms with Crippen LogP contribution in [-0.4, -0.2) is 57.0 Å². The molecule has 1 aliphatic heterocycles. The molecule has 0 spiro atoms. The van der Waals surface area contributed by atoms with E-state index in [0.29, 0.717) is 6.04 Å². The maximum absolute atomic E-state index is 13.1. The molecule has 1 aliphatic carbocycles. The number of ether oxygens (including phenoxy) is 1. The van der Waals surface area contributed by atoms with Crippen molar-refractivity contribution in [1.82, 2.24) is 24.6 Å². The zero-order valence-corrected chi connectivity index (χ0v) is 16.7. The lowest BCUT2D eigenvalue weighted by atomic mass is 10.1. The van der Waals surface area contributed by atoms with Crippen LogP contribution in [0.4, 0.5) is 13.2 Å². The van der Waals surface area contributed by atoms with Crippen molar-refractivity contribution in [3.05, 3.63) is 29.7 Å². The van der Waals surface area contributed by atoms with Gasteiger partial charge in [0.25, 0.3) is 0 Å². The van der Waals surface area contributed by atoms with Crippen LogP contribution in [0.2, 0.25) is 0 Å². The van der Waals surface area contributed by atoms with Crippen molar-refractivity contribution < 1.29 is 17.9 Å². The van der Waals surface area contributed by atoms with Gasteiger partial charge in [0, 0.05) is 37.3 Å². The third kappa shape index (κ3) is 4.30. The van der Waals surface area contributed by atoms with E-state index in [4.69, 9.17) is 4.74 Å². The van der Waals surface area contributed by atoms with Crippen LogP contribution in [0, 0.1) is 0 Å². The fourth-order valence-corrected chi connectivity index (χ4v) is 4.30. The SMILES string of the molecule is CC(C)n1nc(-c2cc(C(F)(F)F)ccn2)nc1[C@@H]1CC[C@@H](N2CCOCC2)C1. The molecular formula is C20H26F3N5O. The number of halogens is 3. The Morgan fingerprint density at radius 1 is 1.17 bits per heavy atom. The Morgan fingerprint density at radius 3 is 2.62 bits per heavy atom. The van der Waals surface area contributed by atoms with E-state index in [1.165, 1.54) is 0 Å². The molecular weight excluding hydrogens is 383 g/mol. The summed E-state index contributed by atoms with van der Waals surface area (Å²) in [6, 6.07) is 2.55. The normalized spacial score (nSPS) is 23.8. The minimum Gasteiger partial charge on any atom is -0.379 e. The van der Waals surface area contributed by atoms with Crippen LogP contribution in [0.25, 0.3) is 11.5 Å². The number of rotatable bonds is 4. The third-order valence-corrected chi connectivity index (χ3v) is 5.80. The first-order valence-corrected chi connectivity index (χ1v) is 10.1. The van der Waals surface area contributed by atoms with E-state index < -0.39 is 11.7 Å². The van der Waals surface area contributed by atoms with Gasteiger partial charge in [0.1, 0.15) is 11.5 Å². The summed E-state index contributed by atoms with van der Waals surface area (Å²) in [5.74, 6) is 1.36. The van der Waals surface area contributed by atoms with Gasteiger partial charge in [-0.2, -0.15) is 13.2 Å². The van der Waals surface area contributed by atoms with Crippen molar-refractivity contribution in [3.8, 4) is 11.5 Å². The minimum atomic E-state index is -4.42. The summed E-state index contributed by atoms with van der Waals surface area (Å²) in [5.41, 5.74) is -0.582. The highest BCUT2D eigenvalue weighted by Crippen LogP contribution is 2.38. The second kappa shape index (κ2) is 8.02. The quantitative estimate of drug-likeness (QED) is 0.767. The summed E-state index contributed by atoms with van der Waals surface area (Å²) in [4.78, 5) is 11.2. The number of hydrogen-bond donors (Lipinski definition) is 0. The van der Waals surface area contributed by atoms with E-state index in [1.54, 1.807) is 0 Å². The molecule has 0 amide bonds. The number of morpholine rings is 1. The fraction of sp³-hybridized carbons (Fsp3) is 0.650. The Labute approximate surface area is 168 Å². The first kappa shape index (κ1) is 20.3. The van der Waals surface area contributed by atoms with E-state index in [1.807, 2.05) is 18.5 Å². The van der Waals surface area contributed by atoms with Crippen LogP contribution in [0.5, 0.6) is 0 Å². The van der Waals surface area contributed by atoms with Gasteiger partial charge in [-0.25, -0.2) is 9.67 Å². The van der Waals surface area contributed by atoms with Gasteiger partial charge in [-0.15, -0.1) is 5.10 Å². The van der Waals surface area contributed by atoms with Gasteiger partial charge in [0.15, 0.2) is 5.82 Å². The first-order chi connectivity index (χ1) is 13.8. The van der Waals surface area contributed by atoms with Gasteiger partial charge >= 0.3 is 6.18 Å². The monoisotopic (exact) mass is 409 g/mol. The third-order valence-electron chi connectivity index (χ3n) is 5.80. The molecule has 158 valence electrons. The molecule has 0 bridgehead atoms. The van der Waals surface area contributed by atoms with E-state index >= 15 is 0 Å². The summed E-state index contributed by atoms with van der Waals surface area (Å²) in [6.45, 7) is 7.47. The van der Waals surface area contributed by atoms with Crippen molar-refractivity contribution in [2.75, 3.05) is 26.3 Å². The average molecular weight is 409 g/mol. The highest BCUT2D eigenvalue weighted by atomic mass is 19.4. The van der Waals surface area contributed by atoms with E-state index in [2.05, 4.69) is 20.0 Å². The first-order valence-electron chi connectivity index (χ1n) is 10.1. The zero-order valence-electron chi connectivity index (χ0n) is 16.7. The summed E-state index contributed by atoms with van der Waals surface area (Å²) >= 11 is 0. The maximum Gasteiger partial charge on any atom is 0.416 e. The van der Waals surface area contributed by atoms with Crippen LogP contribution < -0.4 is 0 Å². The number of alkyl halides is 3. The molecule has 1 saturated heterocycles. The van der Waals surface area contributed by atoms with Crippen LogP contribution in [-0.2, 0) is 10.9 Å². The highest BCUT2D eigenvalue weighted by Gasteiger charge is 2.35. The van der Waals surface area contributed by atoms with Crippen molar-refractivity contribution >= 4 is 0 Å². The predicted octanol–water partition coefficient (Wildman–Crippen LogP) is 3.91. The molecule has 9 heteroatoms. The summed E-state index contributed by atoms with van der Waals surface area (Å²) in [6.07, 6.45) is -0.174. The Kier molecular flexibility index (Phi) is 5.61. The van der Waals surface area contributed by atoms with E-state index in [-0.39, 0.29) is 23.5 Å². The van der Waals surface area contributed by atoms with Gasteiger partial charge in [-0.3, -0.25) is 9.88 Å². The summed E-state index contributed by atoms with van der Waals surface area (Å²) < 4.78 is 46.5. The Morgan fingerprint density at radius 2 is 1.93 bits per heavy atom. The van der Waals surface area contributed by atoms with E-state index in [9.17, 15) is 13.2 Å². The maximum atomic E-state index is 13.1. The van der Waals surface area contributed by atoms with Crippen molar-refractivity contribution in [2.24, 2.45) is 0 Å². The van der Waals surface area contributed by atoms with Crippen LogP contribution in [0.1, 0.15) is 56.5 Å². The lowest BCUT2D eigenvalue weighted by molar-refractivity contribution is -0.137. The number of nitrogens with zero attached hydrogens (tertiary/aromatic N) is 5. The molecule has 6 nitrogen and oxygen atoms in total. The molecule has 1 saturated carbocycles. The molecule has 2 aliphatic rings. The molecule has 2 fully saturated rings. The minimum absolute atomic E-state index is 0.0690. The Bertz CT molecular complexity index is 845. The number of pyridine rings is 1. The lowest BCUT2D eigenvalue weighted by Crippen LogP contribution is -2.42. The lowest BCUT2D eigenvalue weighted by Gasteiger charge is -2.32. The van der Waals surface area contributed by atoms with Gasteiger partial charge in [0.2, 0.25) is 0 Å². The summed E-state index contributed by atoms with van der Waals surface area (Å²) in [5, 5.41) is 4.53. The molecule has 2 atom stereocenters. The highest BCUT2D eigenvalue weighted by molar-refractivity contribution is 5.50. The van der Waals surface area contributed by atoms with E-state index in [0.717, 1.165) is 69.7 Å². The largest absolute Gasteiger partial charge is 0.416 e. The van der Waals surface area contributed by atoms with Crippen molar-refractivity contribution in [1.29, 1.82) is 0 Å². The molecule has 0 radical (unpaired) electrons. The average Bonchev–Trinajstić information content (AvgIpc) is 3.35. The molecule has 3 heterocycles. The standard InChI is InChI=1S/C20H26F3N5O/c1-13(2)28-19(14-3-4-16(11-14)27-7-9-29-10-8-27)25-18(26-28)17-12-15(5-6-24-17)20(21,22)23/h5-6,12-14,16H,3-4,7-11H2,1-2H3/t14-,16-/m1/s1. The van der Waals surface area contributed by atoms with Crippen molar-refractivity contribution in [3.63, 3.8) is 0 Å². The zero-order chi connectivity index (χ0) is 20.6. The molecule has 2 aromatic rings. The molecule has 4 rings (SSSR count). The molecule has 2 aromatic heterocycles. The van der Waals surface area contributed by atoms with Crippen LogP contribution in [0.15, 0.2) is 18.3 Å². The molecule has 0 aromatic carbocycles. The smallest absolute Gasteiger partial charge is 0.379 e. The number of hydrogen-bond acceptors (Lipinski definition) is 5. The van der Waals surface area contributed by atoms with Gasteiger partial charge < -0.3 is 4.74 Å². The topological polar surface area (TPSA) is 56.1 Å².